The van der Waals surface area contributed by atoms with Crippen LogP contribution >= 0.6 is 0 Å². The van der Waals surface area contributed by atoms with Gasteiger partial charge in [0.25, 0.3) is 0 Å². The van der Waals surface area contributed by atoms with Gasteiger partial charge in [-0.25, -0.2) is 0 Å². The molecule has 35 rings (SSSR count). The molecule has 0 saturated carbocycles. The number of methoxy groups -OCH3 is 1. The summed E-state index contributed by atoms with van der Waals surface area (Å²) in [5, 5.41) is 86.1. The molecule has 2 spiro atoms. The molecule has 0 unspecified atom stereocenters. The van der Waals surface area contributed by atoms with Crippen molar-refractivity contribution in [3.8, 4) is 0 Å². The summed E-state index contributed by atoms with van der Waals surface area (Å²) < 4.78 is 6.85. The topological polar surface area (TPSA) is 26.3 Å². The third kappa shape index (κ3) is 1.30. The fourth-order valence-corrected chi connectivity index (χ4v) is 26.1. The van der Waals surface area contributed by atoms with E-state index in [-0.39, 0.29) is 11.7 Å². The Bertz CT molecular complexity index is 7190. The highest BCUT2D eigenvalue weighted by atomic mass is 16.5. The smallest absolute Gasteiger partial charge is 0.163 e. The number of allylic oxidation sites excluding steroid dienone is 3. The van der Waals surface area contributed by atoms with Crippen LogP contribution in [0.3, 0.4) is 0 Å². The summed E-state index contributed by atoms with van der Waals surface area (Å²) in [5.74, 6) is 0.755. The second-order valence-electron chi connectivity index (χ2n) is 25.9. The molecule has 0 fully saturated rings. The van der Waals surface area contributed by atoms with Crippen LogP contribution in [0.25, 0.3) is 291 Å². The molecule has 28 aromatic rings. The van der Waals surface area contributed by atoms with Crippen molar-refractivity contribution in [1.82, 2.24) is 0 Å². The van der Waals surface area contributed by atoms with Gasteiger partial charge < -0.3 is 4.74 Å². The maximum atomic E-state index is 16.1. The molecule has 2 heteroatoms. The standard InChI is InChI=1S/C68H8O2/c1-70-8-4-6-7(69)3-2-5(8)67-63-55-47-37-27-19-11-9-10-13-17-15(11)23-31-25(17)35-29-21(13)22-14(10)18-16-12(9)20(19)28-34-24(16)32-26(18)36-30(22)40-39(29)49-43(35)53-45(31)51(41(47)33(23)27)57(63)61(53)65-59(49)60-50(40)44(36)54-46(32)52-42(34)48(38(28)37)56(55)64(67)58(52)62(54)66(60)68(6,65)67/h2-6H,1H3/t5-,6-,67?,68?/m0/s1. The molecule has 2 atom stereocenters. The molecule has 0 N–H and O–H groups in total. The van der Waals surface area contributed by atoms with Crippen LogP contribution in [0.2, 0.25) is 0 Å². The van der Waals surface area contributed by atoms with E-state index in [0.29, 0.717) is 0 Å². The molecule has 28 aromatic carbocycles. The van der Waals surface area contributed by atoms with Crippen molar-refractivity contribution >= 4 is 297 Å². The number of benzene rings is 18. The summed E-state index contributed by atoms with van der Waals surface area (Å²) >= 11 is 0. The Labute approximate surface area is 380 Å². The van der Waals surface area contributed by atoms with E-state index in [9.17, 15) is 0 Å². The Morgan fingerprint density at radius 2 is 0.443 bits per heavy atom. The summed E-state index contributed by atoms with van der Waals surface area (Å²) in [6.45, 7) is 0. The van der Waals surface area contributed by atoms with Crippen LogP contribution in [-0.2, 0) is 20.4 Å². The quantitative estimate of drug-likeness (QED) is 0.154. The van der Waals surface area contributed by atoms with E-state index in [2.05, 4.69) is 18.2 Å². The lowest BCUT2D eigenvalue weighted by atomic mass is 9.39. The lowest BCUT2D eigenvalue weighted by Gasteiger charge is -2.60. The maximum absolute atomic E-state index is 16.1. The molecule has 2 bridgehead atoms. The molecule has 7 aliphatic rings. The lowest BCUT2D eigenvalue weighted by molar-refractivity contribution is -0.119. The first-order chi connectivity index (χ1) is 34.8. The molecule has 0 radical (unpaired) electrons. The van der Waals surface area contributed by atoms with Gasteiger partial charge in [0.15, 0.2) is 5.78 Å². The molecule has 2 nitrogen and oxygen atoms in total. The van der Waals surface area contributed by atoms with Crippen molar-refractivity contribution in [1.29, 1.82) is 0 Å². The summed E-state index contributed by atoms with van der Waals surface area (Å²) in [5.41, 5.74) is 5.11. The number of carbonyl (C=O) groups is 1. The SMILES string of the molecule is COC1=C[C@H]2C(=O)C=C[C@@H]1C13c4c5c6c7c8c9c(c%10c%11c1c1c4c4c%12c5c5c6c6c8c8c%13c9c9c%10c%10c%11c%11c1c1c4c4c%12c%12c5c5c6c8c6c8c%13c9c9c%10c%10c%11c1c1c4c4c%12c5c6c5c8c9c%10c1c45)C723. The van der Waals surface area contributed by atoms with Gasteiger partial charge in [0.1, 0.15) is 5.76 Å². The second-order valence-corrected chi connectivity index (χ2v) is 25.9. The zero-order chi connectivity index (χ0) is 41.6. The highest BCUT2D eigenvalue weighted by Gasteiger charge is 2.76. The van der Waals surface area contributed by atoms with Gasteiger partial charge in [-0.2, -0.15) is 0 Å². The monoisotopic (exact) mass is 856 g/mol. The van der Waals surface area contributed by atoms with E-state index in [1.165, 1.54) is 0 Å². The Morgan fingerprint density at radius 1 is 0.271 bits per heavy atom. The molecule has 0 heterocycles. The molecule has 0 aromatic heterocycles. The molecule has 7 aliphatic carbocycles. The van der Waals surface area contributed by atoms with Crippen LogP contribution in [-0.4, -0.2) is 12.9 Å². The summed E-state index contributed by atoms with van der Waals surface area (Å²) in [6, 6.07) is 0. The molecule has 0 aliphatic heterocycles. The number of hydrogen-bond acceptors (Lipinski definition) is 2. The first-order valence-corrected chi connectivity index (χ1v) is 26.0. The number of ether oxygens (including phenoxy) is 1. The highest BCUT2D eigenvalue weighted by molar-refractivity contribution is 6.82. The fourth-order valence-electron chi connectivity index (χ4n) is 26.1. The van der Waals surface area contributed by atoms with Gasteiger partial charge >= 0.3 is 0 Å². The van der Waals surface area contributed by atoms with Gasteiger partial charge in [-0.15, -0.1) is 0 Å². The lowest BCUT2D eigenvalue weighted by Crippen LogP contribution is -2.62. The minimum atomic E-state index is -0.633. The highest BCUT2D eigenvalue weighted by Crippen LogP contribution is 2.87. The maximum Gasteiger partial charge on any atom is 0.163 e. The molecule has 0 amide bonds. The van der Waals surface area contributed by atoms with E-state index in [0.717, 1.165) is 5.76 Å². The van der Waals surface area contributed by atoms with Crippen LogP contribution in [0.5, 0.6) is 0 Å². The van der Waals surface area contributed by atoms with Gasteiger partial charge in [0.2, 0.25) is 0 Å². The van der Waals surface area contributed by atoms with Gasteiger partial charge in [-0.3, -0.25) is 4.79 Å². The third-order valence-corrected chi connectivity index (χ3v) is 26.0. The van der Waals surface area contributed by atoms with Gasteiger partial charge in [0, 0.05) is 5.92 Å². The van der Waals surface area contributed by atoms with Gasteiger partial charge in [0.05, 0.1) is 23.9 Å². The summed E-state index contributed by atoms with van der Waals surface area (Å²) in [4.78, 5) is 16.1. The van der Waals surface area contributed by atoms with Gasteiger partial charge in [-0.1, -0.05) is 6.08 Å². The first-order valence-electron chi connectivity index (χ1n) is 26.0. The van der Waals surface area contributed by atoms with Crippen molar-refractivity contribution in [3.05, 3.63) is 46.2 Å². The van der Waals surface area contributed by atoms with Crippen molar-refractivity contribution in [2.24, 2.45) is 11.8 Å². The number of carbonyl (C=O) groups excluding carboxylic acids is 1. The van der Waals surface area contributed by atoms with E-state index >= 15 is 4.79 Å². The van der Waals surface area contributed by atoms with E-state index in [1.807, 2.05) is 7.11 Å². The fraction of sp³-hybridized carbons (Fsp3) is 0.0735. The first kappa shape index (κ1) is 25.7. The van der Waals surface area contributed by atoms with Crippen LogP contribution < -0.4 is 0 Å². The van der Waals surface area contributed by atoms with Gasteiger partial charge in [-0.05, 0) is 325 Å². The van der Waals surface area contributed by atoms with Crippen LogP contribution in [0.15, 0.2) is 24.0 Å². The Kier molecular flexibility index (Phi) is 2.09. The number of hydrogen-bond donors (Lipinski definition) is 0. The normalized spacial score (nSPS) is 25.4. The average Bonchev–Trinajstić information content (AvgIpc) is 4.36. The summed E-state index contributed by atoms with van der Waals surface area (Å²) in [6.07, 6.45) is 6.87. The molecule has 292 valence electrons. The minimum Gasteiger partial charge on any atom is -0.501 e. The van der Waals surface area contributed by atoms with E-state index in [4.69, 9.17) is 4.74 Å². The van der Waals surface area contributed by atoms with Crippen molar-refractivity contribution in [2.45, 2.75) is 10.8 Å². The van der Waals surface area contributed by atoms with Crippen molar-refractivity contribution in [3.63, 3.8) is 0 Å². The number of rotatable bonds is 1. The zero-order valence-electron chi connectivity index (χ0n) is 35.7. The Balaban J connectivity index is 1.21. The van der Waals surface area contributed by atoms with E-state index in [1.54, 1.807) is 313 Å². The van der Waals surface area contributed by atoms with E-state index < -0.39 is 16.7 Å². The molecule has 0 saturated heterocycles. The number of fused-ring (bicyclic) bond motifs is 1. The predicted molar refractivity (Wildman–Crippen MR) is 290 cm³/mol. The Morgan fingerprint density at radius 3 is 0.629 bits per heavy atom. The van der Waals surface area contributed by atoms with Crippen molar-refractivity contribution in [2.75, 3.05) is 7.11 Å². The number of ketones is 1. The van der Waals surface area contributed by atoms with Crippen molar-refractivity contribution < 1.29 is 9.53 Å². The molecule has 70 heavy (non-hydrogen) atoms. The minimum absolute atomic E-state index is 0.129. The largest absolute Gasteiger partial charge is 0.501 e. The third-order valence-electron chi connectivity index (χ3n) is 26.0. The average molecular weight is 857 g/mol. The molecular weight excluding hydrogens is 849 g/mol. The molecular formula is C68H8O2. The van der Waals surface area contributed by atoms with Crippen LogP contribution in [0, 0.1) is 11.8 Å². The Hall–Kier alpha value is -8.59. The van der Waals surface area contributed by atoms with Crippen LogP contribution in [0.1, 0.15) is 22.3 Å². The summed E-state index contributed by atoms with van der Waals surface area (Å²) in [7, 11) is 1.92. The second kappa shape index (κ2) is 5.70. The predicted octanol–water partition coefficient (Wildman–Crippen LogP) is 17.2. The van der Waals surface area contributed by atoms with Crippen LogP contribution in [0.4, 0.5) is 0 Å². The zero-order valence-corrected chi connectivity index (χ0v) is 35.7.